The number of rotatable bonds is 3. The van der Waals surface area contributed by atoms with Crippen molar-refractivity contribution in [3.63, 3.8) is 0 Å². The number of aryl methyl sites for hydroxylation is 1. The van der Waals surface area contributed by atoms with Gasteiger partial charge in [0, 0.05) is 18.0 Å². The molecule has 20 heavy (non-hydrogen) atoms. The van der Waals surface area contributed by atoms with Gasteiger partial charge in [-0.05, 0) is 19.4 Å². The predicted octanol–water partition coefficient (Wildman–Crippen LogP) is 0.251. The second-order valence-electron chi connectivity index (χ2n) is 4.65. The zero-order chi connectivity index (χ0) is 15.1. The summed E-state index contributed by atoms with van der Waals surface area (Å²) in [5, 5.41) is 14.0. The standard InChI is InChI=1S/C11H14N2O5S2/c1-6-9(20(12,17)18)4-8(19-6)10(14)13-3-2-7(5-13)11(15)16/h4,7H,2-3,5H2,1H3,(H,15,16)(H2,12,17,18)/t7-/m1/s1. The molecule has 2 heterocycles. The summed E-state index contributed by atoms with van der Waals surface area (Å²) in [6.07, 6.45) is 0.410. The van der Waals surface area contributed by atoms with Crippen molar-refractivity contribution in [3.8, 4) is 0 Å². The molecule has 7 nitrogen and oxygen atoms in total. The van der Waals surface area contributed by atoms with E-state index < -0.39 is 21.9 Å². The lowest BCUT2D eigenvalue weighted by atomic mass is 10.1. The minimum atomic E-state index is -3.85. The van der Waals surface area contributed by atoms with Gasteiger partial charge in [-0.25, -0.2) is 13.6 Å². The predicted molar refractivity (Wildman–Crippen MR) is 72.1 cm³/mol. The first-order chi connectivity index (χ1) is 9.20. The monoisotopic (exact) mass is 318 g/mol. The number of carboxylic acids is 1. The Hall–Kier alpha value is -1.45. The zero-order valence-corrected chi connectivity index (χ0v) is 12.3. The lowest BCUT2D eigenvalue weighted by Crippen LogP contribution is -2.29. The zero-order valence-electron chi connectivity index (χ0n) is 10.7. The molecule has 0 bridgehead atoms. The fourth-order valence-electron chi connectivity index (χ4n) is 2.16. The average molecular weight is 318 g/mol. The third-order valence-electron chi connectivity index (χ3n) is 3.21. The van der Waals surface area contributed by atoms with Gasteiger partial charge in [0.1, 0.15) is 0 Å². The summed E-state index contributed by atoms with van der Waals surface area (Å²) >= 11 is 1.05. The van der Waals surface area contributed by atoms with Gasteiger partial charge in [0.25, 0.3) is 5.91 Å². The van der Waals surface area contributed by atoms with Crippen LogP contribution in [0.4, 0.5) is 0 Å². The van der Waals surface area contributed by atoms with Crippen molar-refractivity contribution in [1.29, 1.82) is 0 Å². The number of hydrogen-bond acceptors (Lipinski definition) is 5. The number of primary sulfonamides is 1. The van der Waals surface area contributed by atoms with E-state index in [9.17, 15) is 18.0 Å². The molecule has 3 N–H and O–H groups in total. The Morgan fingerprint density at radius 3 is 2.60 bits per heavy atom. The summed E-state index contributed by atoms with van der Waals surface area (Å²) in [5.41, 5.74) is 0. The Morgan fingerprint density at radius 1 is 1.50 bits per heavy atom. The summed E-state index contributed by atoms with van der Waals surface area (Å²) in [4.78, 5) is 25.2. The molecule has 1 aliphatic rings. The number of nitrogens with two attached hydrogens (primary N) is 1. The Kier molecular flexibility index (Phi) is 3.85. The van der Waals surface area contributed by atoms with Crippen LogP contribution in [-0.4, -0.2) is 43.4 Å². The summed E-state index contributed by atoms with van der Waals surface area (Å²) in [5.74, 6) is -1.83. The number of hydrogen-bond donors (Lipinski definition) is 2. The van der Waals surface area contributed by atoms with Gasteiger partial charge in [-0.3, -0.25) is 9.59 Å². The van der Waals surface area contributed by atoms with Gasteiger partial charge < -0.3 is 10.0 Å². The van der Waals surface area contributed by atoms with Crippen LogP contribution in [0.25, 0.3) is 0 Å². The molecule has 0 aromatic carbocycles. The van der Waals surface area contributed by atoms with E-state index in [2.05, 4.69) is 0 Å². The Labute approximate surface area is 120 Å². The quantitative estimate of drug-likeness (QED) is 0.828. The van der Waals surface area contributed by atoms with E-state index in [0.717, 1.165) is 11.3 Å². The van der Waals surface area contributed by atoms with E-state index in [1.54, 1.807) is 6.92 Å². The van der Waals surface area contributed by atoms with E-state index in [1.807, 2.05) is 0 Å². The van der Waals surface area contributed by atoms with Crippen molar-refractivity contribution in [3.05, 3.63) is 15.8 Å². The third-order valence-corrected chi connectivity index (χ3v) is 5.42. The largest absolute Gasteiger partial charge is 0.481 e. The van der Waals surface area contributed by atoms with Crippen LogP contribution in [0.1, 0.15) is 21.0 Å². The van der Waals surface area contributed by atoms with Gasteiger partial charge in [-0.2, -0.15) is 0 Å². The molecule has 0 aliphatic carbocycles. The normalized spacial score (nSPS) is 19.3. The summed E-state index contributed by atoms with van der Waals surface area (Å²) < 4.78 is 22.7. The maximum Gasteiger partial charge on any atom is 0.308 e. The van der Waals surface area contributed by atoms with Gasteiger partial charge in [-0.15, -0.1) is 11.3 Å². The molecular weight excluding hydrogens is 304 g/mol. The maximum absolute atomic E-state index is 12.2. The van der Waals surface area contributed by atoms with Gasteiger partial charge >= 0.3 is 5.97 Å². The van der Waals surface area contributed by atoms with Crippen molar-refractivity contribution < 1.29 is 23.1 Å². The highest BCUT2D eigenvalue weighted by atomic mass is 32.2. The first kappa shape index (κ1) is 14.9. The molecule has 0 spiro atoms. The van der Waals surface area contributed by atoms with Crippen LogP contribution in [0.2, 0.25) is 0 Å². The maximum atomic E-state index is 12.2. The minimum absolute atomic E-state index is 0.0557. The second kappa shape index (κ2) is 5.15. The van der Waals surface area contributed by atoms with Crippen LogP contribution >= 0.6 is 11.3 Å². The van der Waals surface area contributed by atoms with E-state index >= 15 is 0 Å². The highest BCUT2D eigenvalue weighted by Crippen LogP contribution is 2.27. The molecule has 1 amide bonds. The lowest BCUT2D eigenvalue weighted by molar-refractivity contribution is -0.141. The smallest absolute Gasteiger partial charge is 0.308 e. The van der Waals surface area contributed by atoms with Crippen LogP contribution in [-0.2, 0) is 14.8 Å². The number of carbonyl (C=O) groups excluding carboxylic acids is 1. The molecule has 9 heteroatoms. The number of carbonyl (C=O) groups is 2. The van der Waals surface area contributed by atoms with Crippen LogP contribution in [0.5, 0.6) is 0 Å². The SMILES string of the molecule is Cc1sc(C(=O)N2CC[C@@H](C(=O)O)C2)cc1S(N)(=O)=O. The van der Waals surface area contributed by atoms with Gasteiger partial charge in [0.15, 0.2) is 0 Å². The average Bonchev–Trinajstić information content (AvgIpc) is 2.93. The second-order valence-corrected chi connectivity index (χ2v) is 7.44. The van der Waals surface area contributed by atoms with Crippen molar-refractivity contribution in [2.24, 2.45) is 11.1 Å². The van der Waals surface area contributed by atoms with Gasteiger partial charge in [0.2, 0.25) is 10.0 Å². The molecule has 1 aromatic heterocycles. The topological polar surface area (TPSA) is 118 Å². The number of likely N-dealkylation sites (tertiary alicyclic amines) is 1. The molecule has 110 valence electrons. The fraction of sp³-hybridized carbons (Fsp3) is 0.455. The Bertz CT molecular complexity index is 664. The number of amides is 1. The first-order valence-electron chi connectivity index (χ1n) is 5.85. The molecular formula is C11H14N2O5S2. The van der Waals surface area contributed by atoms with Crippen molar-refractivity contribution in [2.45, 2.75) is 18.2 Å². The molecule has 2 rings (SSSR count). The van der Waals surface area contributed by atoms with E-state index in [-0.39, 0.29) is 22.2 Å². The summed E-state index contributed by atoms with van der Waals surface area (Å²) in [7, 11) is -3.85. The van der Waals surface area contributed by atoms with Crippen molar-refractivity contribution >= 4 is 33.2 Å². The van der Waals surface area contributed by atoms with Gasteiger partial charge in [-0.1, -0.05) is 0 Å². The molecule has 1 saturated heterocycles. The first-order valence-corrected chi connectivity index (χ1v) is 8.21. The van der Waals surface area contributed by atoms with E-state index in [4.69, 9.17) is 10.2 Å². The van der Waals surface area contributed by atoms with Crippen LogP contribution in [0.15, 0.2) is 11.0 Å². The van der Waals surface area contributed by atoms with Crippen LogP contribution < -0.4 is 5.14 Å². The lowest BCUT2D eigenvalue weighted by Gasteiger charge is -2.14. The number of sulfonamides is 1. The number of aliphatic carboxylic acids is 1. The molecule has 1 aromatic rings. The summed E-state index contributed by atoms with van der Waals surface area (Å²) in [6, 6.07) is 1.26. The fourth-order valence-corrected chi connectivity index (χ4v) is 4.27. The van der Waals surface area contributed by atoms with Crippen LogP contribution in [0, 0.1) is 12.8 Å². The Morgan fingerprint density at radius 2 is 2.15 bits per heavy atom. The molecule has 1 fully saturated rings. The van der Waals surface area contributed by atoms with Gasteiger partial charge in [0.05, 0.1) is 15.7 Å². The number of carboxylic acid groups (broad SMARTS) is 1. The van der Waals surface area contributed by atoms with E-state index in [0.29, 0.717) is 17.8 Å². The Balaban J connectivity index is 2.21. The highest BCUT2D eigenvalue weighted by molar-refractivity contribution is 7.89. The van der Waals surface area contributed by atoms with Crippen molar-refractivity contribution in [2.75, 3.05) is 13.1 Å². The molecule has 0 unspecified atom stereocenters. The molecule has 0 saturated carbocycles. The van der Waals surface area contributed by atoms with Crippen LogP contribution in [0.3, 0.4) is 0 Å². The molecule has 1 aliphatic heterocycles. The summed E-state index contributed by atoms with van der Waals surface area (Å²) in [6.45, 7) is 2.08. The molecule has 1 atom stereocenters. The third kappa shape index (κ3) is 2.84. The highest BCUT2D eigenvalue weighted by Gasteiger charge is 2.32. The number of nitrogens with zero attached hydrogens (tertiary/aromatic N) is 1. The number of thiophene rings is 1. The van der Waals surface area contributed by atoms with Crippen molar-refractivity contribution in [1.82, 2.24) is 4.90 Å². The molecule has 0 radical (unpaired) electrons. The minimum Gasteiger partial charge on any atom is -0.481 e. The van der Waals surface area contributed by atoms with E-state index in [1.165, 1.54) is 11.0 Å².